The van der Waals surface area contributed by atoms with Gasteiger partial charge in [-0.1, -0.05) is 13.3 Å². The third-order valence-corrected chi connectivity index (χ3v) is 4.94. The Kier molecular flexibility index (Phi) is 6.33. The minimum Gasteiger partial charge on any atom is -0.503 e. The first-order chi connectivity index (χ1) is 14.7. The molecular weight excluding hydrogens is 418 g/mol. The van der Waals surface area contributed by atoms with Crippen molar-refractivity contribution in [3.8, 4) is 5.75 Å². The van der Waals surface area contributed by atoms with Gasteiger partial charge in [0.2, 0.25) is 0 Å². The zero-order valence-electron chi connectivity index (χ0n) is 16.8. The van der Waals surface area contributed by atoms with Crippen molar-refractivity contribution < 1.29 is 37.0 Å². The summed E-state index contributed by atoms with van der Waals surface area (Å²) in [5.41, 5.74) is -0.456. The predicted molar refractivity (Wildman–Crippen MR) is 104 cm³/mol. The number of esters is 1. The van der Waals surface area contributed by atoms with Crippen molar-refractivity contribution in [1.29, 1.82) is 0 Å². The number of aromatic hydroxyl groups is 1. The van der Waals surface area contributed by atoms with E-state index in [1.165, 1.54) is 6.92 Å². The number of hydrogen-bond donors (Lipinski definition) is 1. The summed E-state index contributed by atoms with van der Waals surface area (Å²) in [4.78, 5) is 25.2. The van der Waals surface area contributed by atoms with E-state index in [-0.39, 0.29) is 34.3 Å². The second kappa shape index (κ2) is 8.79. The molecule has 9 heteroatoms. The number of carbonyl (C=O) groups excluding carboxylic acids is 2. The lowest BCUT2D eigenvalue weighted by Gasteiger charge is -2.08. The highest BCUT2D eigenvalue weighted by atomic mass is 19.2. The molecule has 0 radical (unpaired) electrons. The Hall–Kier alpha value is -3.36. The Labute approximate surface area is 174 Å². The van der Waals surface area contributed by atoms with Gasteiger partial charge in [0.1, 0.15) is 0 Å². The highest BCUT2D eigenvalue weighted by molar-refractivity contribution is 6.05. The van der Waals surface area contributed by atoms with Crippen molar-refractivity contribution in [1.82, 2.24) is 4.57 Å². The summed E-state index contributed by atoms with van der Waals surface area (Å²) in [6.07, 6.45) is 0.976. The quantitative estimate of drug-likeness (QED) is 0.342. The van der Waals surface area contributed by atoms with Crippen LogP contribution in [0.5, 0.6) is 5.75 Å². The smallest absolute Gasteiger partial charge is 0.310 e. The molecule has 0 aliphatic heterocycles. The van der Waals surface area contributed by atoms with E-state index in [0.29, 0.717) is 12.5 Å². The fraction of sp³-hybridized carbons (Fsp3) is 0.273. The lowest BCUT2D eigenvalue weighted by atomic mass is 10.1. The average molecular weight is 437 g/mol. The molecule has 1 N–H and O–H groups in total. The van der Waals surface area contributed by atoms with Crippen LogP contribution in [0, 0.1) is 30.2 Å². The highest BCUT2D eigenvalue weighted by Crippen LogP contribution is 2.35. The molecule has 0 bridgehead atoms. The van der Waals surface area contributed by atoms with Crippen LogP contribution >= 0.6 is 0 Å². The number of unbranched alkanes of at least 4 members (excludes halogenated alkanes) is 1. The molecule has 164 valence electrons. The molecule has 0 spiro atoms. The van der Waals surface area contributed by atoms with E-state index < -0.39 is 47.3 Å². The van der Waals surface area contributed by atoms with E-state index in [0.717, 1.165) is 29.2 Å². The molecule has 0 fully saturated rings. The van der Waals surface area contributed by atoms with Gasteiger partial charge in [-0.15, -0.1) is 0 Å². The zero-order valence-corrected chi connectivity index (χ0v) is 16.8. The van der Waals surface area contributed by atoms with E-state index in [2.05, 4.69) is 0 Å². The van der Waals surface area contributed by atoms with E-state index in [9.17, 15) is 32.3 Å². The van der Waals surface area contributed by atoms with Gasteiger partial charge >= 0.3 is 5.97 Å². The number of aromatic nitrogens is 1. The Balaban J connectivity index is 2.17. The van der Waals surface area contributed by atoms with Crippen molar-refractivity contribution >= 4 is 22.8 Å². The summed E-state index contributed by atoms with van der Waals surface area (Å²) in [5.74, 6) is -7.94. The van der Waals surface area contributed by atoms with E-state index in [4.69, 9.17) is 4.74 Å². The van der Waals surface area contributed by atoms with Crippen LogP contribution in [-0.2, 0) is 16.0 Å². The Morgan fingerprint density at radius 2 is 1.77 bits per heavy atom. The number of rotatable bonds is 6. The highest BCUT2D eigenvalue weighted by Gasteiger charge is 2.27. The predicted octanol–water partition coefficient (Wildman–Crippen LogP) is 4.79. The number of phenols is 1. The number of nitrogens with zero attached hydrogens (tertiary/aromatic N) is 1. The molecule has 31 heavy (non-hydrogen) atoms. The Morgan fingerprint density at radius 1 is 1.06 bits per heavy atom. The number of hydrogen-bond acceptors (Lipinski definition) is 4. The molecule has 1 heterocycles. The molecule has 3 rings (SSSR count). The molecule has 1 aromatic heterocycles. The van der Waals surface area contributed by atoms with Gasteiger partial charge in [-0.3, -0.25) is 14.2 Å². The van der Waals surface area contributed by atoms with Gasteiger partial charge in [-0.25, -0.2) is 17.6 Å². The van der Waals surface area contributed by atoms with Crippen molar-refractivity contribution in [2.24, 2.45) is 0 Å². The lowest BCUT2D eigenvalue weighted by Crippen LogP contribution is -2.15. The third kappa shape index (κ3) is 4.12. The molecule has 5 nitrogen and oxygen atoms in total. The van der Waals surface area contributed by atoms with Gasteiger partial charge in [0.15, 0.2) is 29.0 Å². The largest absolute Gasteiger partial charge is 0.503 e. The van der Waals surface area contributed by atoms with Crippen LogP contribution in [0.25, 0.3) is 10.9 Å². The van der Waals surface area contributed by atoms with Gasteiger partial charge in [0, 0.05) is 22.7 Å². The third-order valence-electron chi connectivity index (χ3n) is 4.94. The summed E-state index contributed by atoms with van der Waals surface area (Å²) >= 11 is 0. The van der Waals surface area contributed by atoms with Crippen LogP contribution in [0.3, 0.4) is 0 Å². The molecule has 0 aliphatic rings. The fourth-order valence-corrected chi connectivity index (χ4v) is 3.32. The minimum atomic E-state index is -1.34. The van der Waals surface area contributed by atoms with Crippen molar-refractivity contribution in [3.63, 3.8) is 0 Å². The molecule has 3 aromatic rings. The first kappa shape index (κ1) is 22.3. The van der Waals surface area contributed by atoms with Crippen LogP contribution < -0.4 is 0 Å². The first-order valence-corrected chi connectivity index (χ1v) is 9.53. The molecule has 2 aromatic carbocycles. The van der Waals surface area contributed by atoms with Crippen LogP contribution in [0.15, 0.2) is 24.3 Å². The van der Waals surface area contributed by atoms with Crippen molar-refractivity contribution in [2.45, 2.75) is 33.1 Å². The number of ether oxygens (including phenoxy) is 1. The molecular formula is C22H19F4NO4. The number of carbonyl (C=O) groups is 2. The number of benzene rings is 2. The van der Waals surface area contributed by atoms with E-state index >= 15 is 0 Å². The van der Waals surface area contributed by atoms with Gasteiger partial charge < -0.3 is 9.84 Å². The molecule has 0 atom stereocenters. The summed E-state index contributed by atoms with van der Waals surface area (Å²) in [6, 6.07) is 3.18. The summed E-state index contributed by atoms with van der Waals surface area (Å²) in [7, 11) is 0. The monoisotopic (exact) mass is 437 g/mol. The Morgan fingerprint density at radius 3 is 2.42 bits per heavy atom. The minimum absolute atomic E-state index is 0.0141. The molecule has 0 saturated heterocycles. The van der Waals surface area contributed by atoms with E-state index in [1.54, 1.807) is 0 Å². The second-order valence-corrected chi connectivity index (χ2v) is 7.00. The summed E-state index contributed by atoms with van der Waals surface area (Å²) in [6.45, 7) is 3.45. The summed E-state index contributed by atoms with van der Waals surface area (Å²) in [5, 5.41) is 9.37. The molecule has 0 amide bonds. The topological polar surface area (TPSA) is 68.5 Å². The second-order valence-electron chi connectivity index (χ2n) is 7.00. The average Bonchev–Trinajstić information content (AvgIpc) is 2.99. The zero-order chi connectivity index (χ0) is 22.9. The normalized spacial score (nSPS) is 11.2. The van der Waals surface area contributed by atoms with Crippen LogP contribution in [0.1, 0.15) is 41.4 Å². The Bertz CT molecular complexity index is 1190. The number of phenolic OH excluding ortho intramolecular Hbond substituents is 1. The number of fused-ring (bicyclic) bond motifs is 1. The molecule has 0 saturated carbocycles. The number of halogens is 4. The summed E-state index contributed by atoms with van der Waals surface area (Å²) < 4.78 is 61.7. The maximum atomic E-state index is 14.8. The van der Waals surface area contributed by atoms with Gasteiger partial charge in [-0.05, 0) is 37.1 Å². The fourth-order valence-electron chi connectivity index (χ4n) is 3.32. The van der Waals surface area contributed by atoms with Gasteiger partial charge in [0.25, 0.3) is 5.91 Å². The maximum Gasteiger partial charge on any atom is 0.310 e. The van der Waals surface area contributed by atoms with Crippen molar-refractivity contribution in [2.75, 3.05) is 6.61 Å². The van der Waals surface area contributed by atoms with Gasteiger partial charge in [-0.2, -0.15) is 0 Å². The van der Waals surface area contributed by atoms with Crippen LogP contribution in [-0.4, -0.2) is 28.2 Å². The van der Waals surface area contributed by atoms with Crippen LogP contribution in [0.4, 0.5) is 17.6 Å². The van der Waals surface area contributed by atoms with Crippen LogP contribution in [0.2, 0.25) is 0 Å². The first-order valence-electron chi connectivity index (χ1n) is 9.53. The maximum absolute atomic E-state index is 14.8. The lowest BCUT2D eigenvalue weighted by molar-refractivity contribution is -0.142. The SMILES string of the molecule is CCCCOC(=O)Cc1c(C)n(C(=O)c2ccc(F)c(F)c2)c2cc(F)c(O)c(F)c12. The van der Waals surface area contributed by atoms with E-state index in [1.807, 2.05) is 6.92 Å². The standard InChI is InChI=1S/C22H19F4NO4/c1-3-4-7-31-18(28)9-13-11(2)27(17-10-16(25)21(29)20(26)19(13)17)22(30)12-5-6-14(23)15(24)8-12/h5-6,8,10,29H,3-4,7,9H2,1-2H3. The van der Waals surface area contributed by atoms with Gasteiger partial charge in [0.05, 0.1) is 18.5 Å². The van der Waals surface area contributed by atoms with Crippen molar-refractivity contribution in [3.05, 3.63) is 64.4 Å². The molecule has 0 aliphatic carbocycles. The molecule has 0 unspecified atom stereocenters.